The standard InChI is InChI=1S/C24H25F3N4O4/c25-24(26,27)17-7-9-20(30-10-12-35-13-11-30)19(14-17)28-21(32)15-31-22(33)18(29-23(31)34)8-6-16-4-2-1-3-5-16/h1-5,7,9,14,18H,6,8,10-13,15H2,(H,28,32)(H,29,34)/t18-/m1/s1. The van der Waals surface area contributed by atoms with Crippen molar-refractivity contribution >= 4 is 29.2 Å². The molecule has 0 aliphatic carbocycles. The van der Waals surface area contributed by atoms with Gasteiger partial charge in [-0.15, -0.1) is 0 Å². The lowest BCUT2D eigenvalue weighted by atomic mass is 10.1. The fourth-order valence-corrected chi connectivity index (χ4v) is 4.10. The number of amides is 4. The summed E-state index contributed by atoms with van der Waals surface area (Å²) in [5.74, 6) is -1.32. The summed E-state index contributed by atoms with van der Waals surface area (Å²) in [4.78, 5) is 40.4. The van der Waals surface area contributed by atoms with Crippen LogP contribution in [0.15, 0.2) is 48.5 Å². The van der Waals surface area contributed by atoms with E-state index >= 15 is 0 Å². The summed E-state index contributed by atoms with van der Waals surface area (Å²) in [5.41, 5.74) is 0.457. The van der Waals surface area contributed by atoms with Gasteiger partial charge < -0.3 is 20.3 Å². The monoisotopic (exact) mass is 490 g/mol. The van der Waals surface area contributed by atoms with Crippen LogP contribution in [0.4, 0.5) is 29.3 Å². The highest BCUT2D eigenvalue weighted by atomic mass is 19.4. The van der Waals surface area contributed by atoms with Crippen LogP contribution in [0.3, 0.4) is 0 Å². The quantitative estimate of drug-likeness (QED) is 0.583. The van der Waals surface area contributed by atoms with Gasteiger partial charge in [-0.2, -0.15) is 13.2 Å². The second-order valence-electron chi connectivity index (χ2n) is 8.33. The normalized spacial score (nSPS) is 18.5. The molecule has 4 rings (SSSR count). The van der Waals surface area contributed by atoms with Crippen molar-refractivity contribution in [3.05, 3.63) is 59.7 Å². The molecule has 11 heteroatoms. The summed E-state index contributed by atoms with van der Waals surface area (Å²) in [6, 6.07) is 11.1. The predicted molar refractivity (Wildman–Crippen MR) is 122 cm³/mol. The maximum Gasteiger partial charge on any atom is 0.416 e. The van der Waals surface area contributed by atoms with E-state index in [1.165, 1.54) is 6.07 Å². The number of carbonyl (C=O) groups excluding carboxylic acids is 3. The Morgan fingerprint density at radius 2 is 1.80 bits per heavy atom. The number of anilines is 2. The number of ether oxygens (including phenoxy) is 1. The lowest BCUT2D eigenvalue weighted by Gasteiger charge is -2.31. The topological polar surface area (TPSA) is 91.0 Å². The lowest BCUT2D eigenvalue weighted by molar-refractivity contribution is -0.137. The van der Waals surface area contributed by atoms with E-state index in [0.717, 1.165) is 22.6 Å². The Kier molecular flexibility index (Phi) is 7.25. The van der Waals surface area contributed by atoms with Gasteiger partial charge in [0.05, 0.1) is 30.2 Å². The van der Waals surface area contributed by atoms with E-state index in [2.05, 4.69) is 10.6 Å². The van der Waals surface area contributed by atoms with E-state index in [4.69, 9.17) is 4.74 Å². The van der Waals surface area contributed by atoms with Crippen LogP contribution in [0.25, 0.3) is 0 Å². The average molecular weight is 490 g/mol. The second-order valence-corrected chi connectivity index (χ2v) is 8.33. The van der Waals surface area contributed by atoms with Gasteiger partial charge in [-0.3, -0.25) is 14.5 Å². The molecular formula is C24H25F3N4O4. The predicted octanol–water partition coefficient (Wildman–Crippen LogP) is 3.03. The van der Waals surface area contributed by atoms with Crippen LogP contribution in [-0.4, -0.2) is 61.6 Å². The maximum absolute atomic E-state index is 13.3. The van der Waals surface area contributed by atoms with E-state index in [0.29, 0.717) is 44.8 Å². The average Bonchev–Trinajstić information content (AvgIpc) is 3.11. The zero-order chi connectivity index (χ0) is 25.0. The third kappa shape index (κ3) is 5.91. The van der Waals surface area contributed by atoms with E-state index in [1.807, 2.05) is 35.2 Å². The van der Waals surface area contributed by atoms with Crippen molar-refractivity contribution < 1.29 is 32.3 Å². The SMILES string of the molecule is O=C(CN1C(=O)N[C@H](CCc2ccccc2)C1=O)Nc1cc(C(F)(F)F)ccc1N1CCOCC1. The molecule has 1 atom stereocenters. The summed E-state index contributed by atoms with van der Waals surface area (Å²) in [6.07, 6.45) is -3.67. The van der Waals surface area contributed by atoms with E-state index < -0.39 is 42.2 Å². The van der Waals surface area contributed by atoms with Gasteiger partial charge in [0, 0.05) is 13.1 Å². The van der Waals surface area contributed by atoms with Gasteiger partial charge in [-0.1, -0.05) is 30.3 Å². The van der Waals surface area contributed by atoms with Gasteiger partial charge >= 0.3 is 12.2 Å². The van der Waals surface area contributed by atoms with Crippen molar-refractivity contribution in [3.63, 3.8) is 0 Å². The van der Waals surface area contributed by atoms with Crippen molar-refractivity contribution in [1.29, 1.82) is 0 Å². The van der Waals surface area contributed by atoms with Crippen LogP contribution in [0, 0.1) is 0 Å². The highest BCUT2D eigenvalue weighted by molar-refractivity contribution is 6.08. The number of urea groups is 1. The molecule has 2 aromatic rings. The van der Waals surface area contributed by atoms with Gasteiger partial charge in [-0.05, 0) is 36.6 Å². The minimum Gasteiger partial charge on any atom is -0.378 e. The van der Waals surface area contributed by atoms with Gasteiger partial charge in [0.1, 0.15) is 12.6 Å². The van der Waals surface area contributed by atoms with Crippen LogP contribution in [0.5, 0.6) is 0 Å². The van der Waals surface area contributed by atoms with E-state index in [9.17, 15) is 27.6 Å². The Labute approximate surface area is 200 Å². The molecular weight excluding hydrogens is 465 g/mol. The first-order valence-electron chi connectivity index (χ1n) is 11.2. The van der Waals surface area contributed by atoms with Gasteiger partial charge in [0.2, 0.25) is 5.91 Å². The molecule has 35 heavy (non-hydrogen) atoms. The third-order valence-electron chi connectivity index (χ3n) is 5.92. The highest BCUT2D eigenvalue weighted by Crippen LogP contribution is 2.35. The Morgan fingerprint density at radius 1 is 1.09 bits per heavy atom. The molecule has 0 radical (unpaired) electrons. The Bertz CT molecular complexity index is 1090. The maximum atomic E-state index is 13.3. The number of carbonyl (C=O) groups is 3. The molecule has 2 heterocycles. The molecule has 0 spiro atoms. The second kappa shape index (κ2) is 10.3. The fraction of sp³-hybridized carbons (Fsp3) is 0.375. The molecule has 0 bridgehead atoms. The van der Waals surface area contributed by atoms with E-state index in [1.54, 1.807) is 0 Å². The summed E-state index contributed by atoms with van der Waals surface area (Å²) >= 11 is 0. The summed E-state index contributed by atoms with van der Waals surface area (Å²) in [7, 11) is 0. The number of halogens is 3. The van der Waals surface area contributed by atoms with Crippen LogP contribution in [0.2, 0.25) is 0 Å². The first kappa shape index (κ1) is 24.5. The minimum atomic E-state index is -4.60. The van der Waals surface area contributed by atoms with Crippen LogP contribution >= 0.6 is 0 Å². The Balaban J connectivity index is 1.44. The zero-order valence-corrected chi connectivity index (χ0v) is 18.8. The van der Waals surface area contributed by atoms with Crippen molar-refractivity contribution in [2.75, 3.05) is 43.1 Å². The van der Waals surface area contributed by atoms with Crippen LogP contribution < -0.4 is 15.5 Å². The molecule has 2 aliphatic rings. The smallest absolute Gasteiger partial charge is 0.378 e. The molecule has 186 valence electrons. The Hall–Kier alpha value is -3.60. The molecule has 2 N–H and O–H groups in total. The van der Waals surface area contributed by atoms with E-state index in [-0.39, 0.29) is 5.69 Å². The first-order chi connectivity index (χ1) is 16.7. The molecule has 2 aromatic carbocycles. The lowest BCUT2D eigenvalue weighted by Crippen LogP contribution is -2.39. The molecule has 2 saturated heterocycles. The number of morpholine rings is 1. The fourth-order valence-electron chi connectivity index (χ4n) is 4.10. The molecule has 0 saturated carbocycles. The van der Waals surface area contributed by atoms with Gasteiger partial charge in [-0.25, -0.2) is 4.79 Å². The molecule has 8 nitrogen and oxygen atoms in total. The van der Waals surface area contributed by atoms with Gasteiger partial charge in [0.15, 0.2) is 0 Å². The number of nitrogens with zero attached hydrogens (tertiary/aromatic N) is 2. The summed E-state index contributed by atoms with van der Waals surface area (Å²) in [5, 5.41) is 5.04. The number of rotatable bonds is 7. The molecule has 2 fully saturated rings. The van der Waals surface area contributed by atoms with Gasteiger partial charge in [0.25, 0.3) is 5.91 Å². The highest BCUT2D eigenvalue weighted by Gasteiger charge is 2.39. The van der Waals surface area contributed by atoms with Crippen molar-refractivity contribution in [2.45, 2.75) is 25.1 Å². The number of benzene rings is 2. The molecule has 2 aliphatic heterocycles. The summed E-state index contributed by atoms with van der Waals surface area (Å²) < 4.78 is 45.2. The first-order valence-corrected chi connectivity index (χ1v) is 11.2. The third-order valence-corrected chi connectivity index (χ3v) is 5.92. The largest absolute Gasteiger partial charge is 0.416 e. The zero-order valence-electron chi connectivity index (χ0n) is 18.8. The molecule has 4 amide bonds. The number of nitrogens with one attached hydrogen (secondary N) is 2. The molecule has 0 aromatic heterocycles. The number of hydrogen-bond acceptors (Lipinski definition) is 5. The Morgan fingerprint density at radius 3 is 2.49 bits per heavy atom. The number of imide groups is 1. The van der Waals surface area contributed by atoms with Crippen LogP contribution in [-0.2, 0) is 26.9 Å². The number of aryl methyl sites for hydroxylation is 1. The number of hydrogen-bond donors (Lipinski definition) is 2. The van der Waals surface area contributed by atoms with Crippen LogP contribution in [0.1, 0.15) is 17.5 Å². The molecule has 0 unspecified atom stereocenters. The number of alkyl halides is 3. The van der Waals surface area contributed by atoms with Crippen molar-refractivity contribution in [2.24, 2.45) is 0 Å². The minimum absolute atomic E-state index is 0.0422. The van der Waals surface area contributed by atoms with Crippen molar-refractivity contribution in [1.82, 2.24) is 10.2 Å². The van der Waals surface area contributed by atoms with Crippen molar-refractivity contribution in [3.8, 4) is 0 Å². The summed E-state index contributed by atoms with van der Waals surface area (Å²) in [6.45, 7) is 1.10.